The van der Waals surface area contributed by atoms with Crippen LogP contribution in [0.15, 0.2) is 54.6 Å². The van der Waals surface area contributed by atoms with E-state index in [1.54, 1.807) is 45.9 Å². The molecule has 0 aliphatic carbocycles. The second kappa shape index (κ2) is 12.0. The lowest BCUT2D eigenvalue weighted by Crippen LogP contribution is -2.34. The first kappa shape index (κ1) is 31.4. The molecule has 0 saturated heterocycles. The molecule has 0 bridgehead atoms. The van der Waals surface area contributed by atoms with Gasteiger partial charge in [0, 0.05) is 23.4 Å². The van der Waals surface area contributed by atoms with Crippen molar-refractivity contribution in [2.24, 2.45) is 0 Å². The van der Waals surface area contributed by atoms with E-state index in [0.29, 0.717) is 27.6 Å². The molecule has 0 radical (unpaired) electrons. The topological polar surface area (TPSA) is 116 Å². The fourth-order valence-electron chi connectivity index (χ4n) is 4.18. The number of ether oxygens (including phenoxy) is 1. The van der Waals surface area contributed by atoms with Crippen LogP contribution in [0.1, 0.15) is 58.4 Å². The van der Waals surface area contributed by atoms with Gasteiger partial charge >= 0.3 is 12.3 Å². The van der Waals surface area contributed by atoms with Crippen molar-refractivity contribution < 1.29 is 32.3 Å². The Labute approximate surface area is 250 Å². The van der Waals surface area contributed by atoms with E-state index < -0.39 is 40.8 Å². The number of amides is 3. The minimum absolute atomic E-state index is 0.0127. The van der Waals surface area contributed by atoms with Crippen molar-refractivity contribution in [3.8, 4) is 0 Å². The molecule has 4 aromatic rings. The second-order valence-electron chi connectivity index (χ2n) is 10.8. The van der Waals surface area contributed by atoms with Crippen LogP contribution in [0.3, 0.4) is 0 Å². The highest BCUT2D eigenvalue weighted by Crippen LogP contribution is 2.33. The highest BCUT2D eigenvalue weighted by Gasteiger charge is 2.35. The first-order valence-corrected chi connectivity index (χ1v) is 13.4. The Morgan fingerprint density at radius 2 is 1.65 bits per heavy atom. The number of nitrogens with zero attached hydrogens (tertiary/aromatic N) is 2. The zero-order valence-electron chi connectivity index (χ0n) is 23.9. The van der Waals surface area contributed by atoms with Crippen LogP contribution in [-0.4, -0.2) is 45.4 Å². The summed E-state index contributed by atoms with van der Waals surface area (Å²) in [5.41, 5.74) is -0.807. The number of aromatic nitrogens is 2. The van der Waals surface area contributed by atoms with E-state index >= 15 is 0 Å². The van der Waals surface area contributed by atoms with Crippen molar-refractivity contribution in [2.75, 3.05) is 17.7 Å². The van der Waals surface area contributed by atoms with Gasteiger partial charge in [-0.2, -0.15) is 13.2 Å². The monoisotopic (exact) mass is 615 g/mol. The molecule has 1 aromatic heterocycles. The van der Waals surface area contributed by atoms with Gasteiger partial charge < -0.3 is 25.3 Å². The Morgan fingerprint density at radius 1 is 0.977 bits per heavy atom. The van der Waals surface area contributed by atoms with Crippen LogP contribution in [0.5, 0.6) is 0 Å². The Morgan fingerprint density at radius 3 is 2.33 bits per heavy atom. The lowest BCUT2D eigenvalue weighted by atomic mass is 10.1. The van der Waals surface area contributed by atoms with E-state index in [9.17, 15) is 27.6 Å². The number of rotatable bonds is 6. The number of carbonyl (C=O) groups is 3. The molecule has 13 heteroatoms. The molecule has 0 atom stereocenters. The predicted molar refractivity (Wildman–Crippen MR) is 157 cm³/mol. The van der Waals surface area contributed by atoms with Crippen LogP contribution < -0.4 is 10.6 Å². The molecule has 0 aliphatic heterocycles. The number of aromatic amines is 1. The first-order chi connectivity index (χ1) is 20.0. The summed E-state index contributed by atoms with van der Waals surface area (Å²) in [4.78, 5) is 47.8. The number of fused-ring (bicyclic) bond motifs is 1. The SMILES string of the molecule is Cc1c(Cl)cccc1NC(=O)c1cc(NC(=O)c2ccccc2C(F)(F)F)cc2[nH]c(CN(C)C(=O)OC(C)(C)C)nc12. The Bertz CT molecular complexity index is 1710. The molecule has 226 valence electrons. The van der Waals surface area contributed by atoms with Crippen molar-refractivity contribution in [1.29, 1.82) is 0 Å². The Balaban J connectivity index is 1.73. The molecule has 9 nitrogen and oxygen atoms in total. The minimum atomic E-state index is -4.75. The van der Waals surface area contributed by atoms with E-state index in [4.69, 9.17) is 16.3 Å². The first-order valence-electron chi connectivity index (χ1n) is 13.0. The van der Waals surface area contributed by atoms with Crippen LogP contribution in [0.25, 0.3) is 11.0 Å². The van der Waals surface area contributed by atoms with Crippen molar-refractivity contribution in [2.45, 2.75) is 46.0 Å². The van der Waals surface area contributed by atoms with Crippen molar-refractivity contribution in [1.82, 2.24) is 14.9 Å². The molecule has 43 heavy (non-hydrogen) atoms. The van der Waals surface area contributed by atoms with Gasteiger partial charge in [0.2, 0.25) is 0 Å². The third-order valence-electron chi connectivity index (χ3n) is 6.22. The summed E-state index contributed by atoms with van der Waals surface area (Å²) < 4.78 is 46.0. The molecule has 3 aromatic carbocycles. The molecule has 0 unspecified atom stereocenters. The number of nitrogens with one attached hydrogen (secondary N) is 3. The fourth-order valence-corrected chi connectivity index (χ4v) is 4.35. The number of hydrogen-bond acceptors (Lipinski definition) is 5. The lowest BCUT2D eigenvalue weighted by Gasteiger charge is -2.24. The van der Waals surface area contributed by atoms with Crippen LogP contribution >= 0.6 is 11.6 Å². The van der Waals surface area contributed by atoms with Gasteiger partial charge in [0.1, 0.15) is 16.9 Å². The summed E-state index contributed by atoms with van der Waals surface area (Å²) in [5, 5.41) is 5.67. The summed E-state index contributed by atoms with van der Waals surface area (Å²) >= 11 is 6.20. The standard InChI is InChI=1S/C30H29ClF3N5O4/c1-16-21(31)11-8-12-22(16)37-27(41)19-13-17(35-26(40)18-9-6-7-10-20(18)30(32,33)34)14-23-25(19)38-24(36-23)15-39(5)28(42)43-29(2,3)4/h6-14H,15H2,1-5H3,(H,35,40)(H,36,38)(H,37,41). The molecule has 0 spiro atoms. The van der Waals surface area contributed by atoms with Gasteiger partial charge in [-0.15, -0.1) is 0 Å². The maximum absolute atomic E-state index is 13.6. The van der Waals surface area contributed by atoms with Gasteiger partial charge in [-0.05, 0) is 69.7 Å². The Hall–Kier alpha value is -4.58. The van der Waals surface area contributed by atoms with Crippen LogP contribution in [0.4, 0.5) is 29.3 Å². The quantitative estimate of drug-likeness (QED) is 0.209. The van der Waals surface area contributed by atoms with Gasteiger partial charge in [-0.1, -0.05) is 29.8 Å². The van der Waals surface area contributed by atoms with Gasteiger partial charge in [-0.25, -0.2) is 9.78 Å². The third kappa shape index (κ3) is 7.44. The molecule has 4 rings (SSSR count). The summed E-state index contributed by atoms with van der Waals surface area (Å²) in [7, 11) is 1.51. The highest BCUT2D eigenvalue weighted by molar-refractivity contribution is 6.31. The zero-order chi connectivity index (χ0) is 31.7. The van der Waals surface area contributed by atoms with Crippen LogP contribution in [-0.2, 0) is 17.5 Å². The third-order valence-corrected chi connectivity index (χ3v) is 6.63. The molecular weight excluding hydrogens is 587 g/mol. The zero-order valence-corrected chi connectivity index (χ0v) is 24.7. The van der Waals surface area contributed by atoms with E-state index in [1.807, 2.05) is 0 Å². The van der Waals surface area contributed by atoms with Gasteiger partial charge in [0.25, 0.3) is 11.8 Å². The number of H-pyrrole nitrogens is 1. The van der Waals surface area contributed by atoms with Gasteiger partial charge in [0.05, 0.1) is 28.8 Å². The highest BCUT2D eigenvalue weighted by atomic mass is 35.5. The number of alkyl halides is 3. The molecule has 3 amide bonds. The lowest BCUT2D eigenvalue weighted by molar-refractivity contribution is -0.137. The number of halogens is 4. The van der Waals surface area contributed by atoms with Crippen molar-refractivity contribution >= 4 is 51.9 Å². The molecule has 0 aliphatic rings. The number of hydrogen-bond donors (Lipinski definition) is 3. The second-order valence-corrected chi connectivity index (χ2v) is 11.2. The molecule has 0 fully saturated rings. The molecule has 3 N–H and O–H groups in total. The summed E-state index contributed by atoms with van der Waals surface area (Å²) in [5.74, 6) is -1.34. The summed E-state index contributed by atoms with van der Waals surface area (Å²) in [6, 6.07) is 12.1. The number of anilines is 2. The fraction of sp³-hybridized carbons (Fsp3) is 0.267. The maximum atomic E-state index is 13.6. The average molecular weight is 616 g/mol. The van der Waals surface area contributed by atoms with E-state index in [1.165, 1.54) is 36.2 Å². The van der Waals surface area contributed by atoms with E-state index in [0.717, 1.165) is 12.1 Å². The Kier molecular flexibility index (Phi) is 8.72. The van der Waals surface area contributed by atoms with E-state index in [2.05, 4.69) is 20.6 Å². The van der Waals surface area contributed by atoms with Gasteiger partial charge in [-0.3, -0.25) is 9.59 Å². The van der Waals surface area contributed by atoms with Crippen molar-refractivity contribution in [3.63, 3.8) is 0 Å². The normalized spacial score (nSPS) is 11.7. The number of imidazole rings is 1. The summed E-state index contributed by atoms with van der Waals surface area (Å²) in [6.07, 6.45) is -5.35. The summed E-state index contributed by atoms with van der Waals surface area (Å²) in [6.45, 7) is 6.90. The predicted octanol–water partition coefficient (Wildman–Crippen LogP) is 7.42. The van der Waals surface area contributed by atoms with Gasteiger partial charge in [0.15, 0.2) is 0 Å². The van der Waals surface area contributed by atoms with Crippen LogP contribution in [0.2, 0.25) is 5.02 Å². The molecule has 1 heterocycles. The number of benzene rings is 3. The smallest absolute Gasteiger partial charge is 0.417 e. The maximum Gasteiger partial charge on any atom is 0.417 e. The minimum Gasteiger partial charge on any atom is -0.444 e. The average Bonchev–Trinajstić information content (AvgIpc) is 3.31. The largest absolute Gasteiger partial charge is 0.444 e. The van der Waals surface area contributed by atoms with E-state index in [-0.39, 0.29) is 23.3 Å². The molecule has 0 saturated carbocycles. The van der Waals surface area contributed by atoms with Crippen molar-refractivity contribution in [3.05, 3.63) is 87.7 Å². The number of carbonyl (C=O) groups excluding carboxylic acids is 3. The van der Waals surface area contributed by atoms with Crippen LogP contribution in [0, 0.1) is 6.92 Å². The molecular formula is C30H29ClF3N5O4.